The Balaban J connectivity index is 2.57. The summed E-state index contributed by atoms with van der Waals surface area (Å²) in [6.45, 7) is 4.29. The summed E-state index contributed by atoms with van der Waals surface area (Å²) in [4.78, 5) is 10.4. The van der Waals surface area contributed by atoms with Crippen molar-refractivity contribution in [3.63, 3.8) is 0 Å². The van der Waals surface area contributed by atoms with E-state index in [-0.39, 0.29) is 0 Å². The largest absolute Gasteiger partial charge is 0.350 e. The Morgan fingerprint density at radius 1 is 1.79 bits per heavy atom. The number of hydrazone groups is 1. The van der Waals surface area contributed by atoms with Crippen molar-refractivity contribution in [3.8, 4) is 0 Å². The van der Waals surface area contributed by atoms with Gasteiger partial charge in [-0.1, -0.05) is 18.6 Å². The van der Waals surface area contributed by atoms with Crippen LogP contribution in [0.5, 0.6) is 0 Å². The van der Waals surface area contributed by atoms with Crippen LogP contribution >= 0.6 is 0 Å². The molecule has 0 aromatic heterocycles. The maximum atomic E-state index is 10.4. The molecule has 4 heteroatoms. The van der Waals surface area contributed by atoms with E-state index in [0.717, 1.165) is 6.42 Å². The second-order valence-electron chi connectivity index (χ2n) is 3.78. The van der Waals surface area contributed by atoms with Crippen molar-refractivity contribution in [3.05, 3.63) is 11.6 Å². The minimum Gasteiger partial charge on any atom is -0.350 e. The molecule has 0 aromatic carbocycles. The molecular formula is C10H17N3O. The Morgan fingerprint density at radius 3 is 3.07 bits per heavy atom. The maximum Gasteiger partial charge on any atom is 0.332 e. The summed E-state index contributed by atoms with van der Waals surface area (Å²) >= 11 is 0. The van der Waals surface area contributed by atoms with Crippen LogP contribution in [-0.4, -0.2) is 12.2 Å². The summed E-state index contributed by atoms with van der Waals surface area (Å²) in [7, 11) is 0. The molecule has 0 saturated carbocycles. The Hall–Kier alpha value is -1.32. The summed E-state index contributed by atoms with van der Waals surface area (Å²) in [6.07, 6.45) is 6.30. The van der Waals surface area contributed by atoms with E-state index < -0.39 is 6.03 Å². The van der Waals surface area contributed by atoms with Crippen LogP contribution in [0, 0.1) is 11.8 Å². The number of hydrogen-bond donors (Lipinski definition) is 2. The molecule has 0 saturated heterocycles. The molecule has 0 aromatic rings. The van der Waals surface area contributed by atoms with Crippen molar-refractivity contribution in [1.29, 1.82) is 0 Å². The first-order valence-electron chi connectivity index (χ1n) is 4.86. The van der Waals surface area contributed by atoms with Crippen LogP contribution < -0.4 is 11.2 Å². The van der Waals surface area contributed by atoms with E-state index in [2.05, 4.69) is 30.5 Å². The van der Waals surface area contributed by atoms with Crippen molar-refractivity contribution >= 4 is 12.2 Å². The van der Waals surface area contributed by atoms with Gasteiger partial charge in [0.2, 0.25) is 0 Å². The van der Waals surface area contributed by atoms with E-state index in [1.54, 1.807) is 6.21 Å². The fourth-order valence-corrected chi connectivity index (χ4v) is 1.78. The van der Waals surface area contributed by atoms with Gasteiger partial charge in [-0.2, -0.15) is 5.10 Å². The number of nitrogens with two attached hydrogens (primary N) is 1. The summed E-state index contributed by atoms with van der Waals surface area (Å²) in [5, 5.41) is 3.80. The lowest BCUT2D eigenvalue weighted by atomic mass is 9.81. The second-order valence-corrected chi connectivity index (χ2v) is 3.78. The molecule has 14 heavy (non-hydrogen) atoms. The van der Waals surface area contributed by atoms with Crippen LogP contribution in [-0.2, 0) is 0 Å². The van der Waals surface area contributed by atoms with E-state index in [1.807, 2.05) is 0 Å². The average molecular weight is 195 g/mol. The van der Waals surface area contributed by atoms with Crippen LogP contribution in [0.3, 0.4) is 0 Å². The highest BCUT2D eigenvalue weighted by molar-refractivity contribution is 5.74. The summed E-state index contributed by atoms with van der Waals surface area (Å²) in [5.41, 5.74) is 8.43. The number of nitrogens with one attached hydrogen (secondary N) is 1. The Labute approximate surface area is 84.2 Å². The second kappa shape index (κ2) is 4.79. The van der Waals surface area contributed by atoms with Gasteiger partial charge in [0.15, 0.2) is 0 Å². The molecule has 1 aliphatic carbocycles. The maximum absolute atomic E-state index is 10.4. The molecule has 0 bridgehead atoms. The van der Waals surface area contributed by atoms with E-state index in [9.17, 15) is 4.79 Å². The summed E-state index contributed by atoms with van der Waals surface area (Å²) < 4.78 is 0. The molecular weight excluding hydrogens is 178 g/mol. The number of urea groups is 1. The predicted molar refractivity (Wildman–Crippen MR) is 56.9 cm³/mol. The zero-order valence-electron chi connectivity index (χ0n) is 8.66. The molecule has 1 rings (SSSR count). The van der Waals surface area contributed by atoms with Crippen LogP contribution in [0.4, 0.5) is 4.79 Å². The van der Waals surface area contributed by atoms with Gasteiger partial charge in [-0.25, -0.2) is 10.2 Å². The van der Waals surface area contributed by atoms with Crippen molar-refractivity contribution in [2.75, 3.05) is 0 Å². The number of carbonyl (C=O) groups is 1. The normalized spacial score (nSPS) is 27.4. The van der Waals surface area contributed by atoms with Crippen molar-refractivity contribution in [2.45, 2.75) is 26.7 Å². The highest BCUT2D eigenvalue weighted by Crippen LogP contribution is 2.28. The number of hydrogen-bond acceptors (Lipinski definition) is 2. The monoisotopic (exact) mass is 195 g/mol. The first kappa shape index (κ1) is 10.8. The minimum atomic E-state index is -0.619. The van der Waals surface area contributed by atoms with Crippen LogP contribution in [0.2, 0.25) is 0 Å². The smallest absolute Gasteiger partial charge is 0.332 e. The van der Waals surface area contributed by atoms with E-state index in [0.29, 0.717) is 11.8 Å². The van der Waals surface area contributed by atoms with Gasteiger partial charge in [0.1, 0.15) is 0 Å². The standard InChI is InChI=1S/C10H17N3O/c1-7-4-3-5-8(2)9(7)6-12-13-10(11)14/h4,6,8-9H,3,5H2,1-2H3,(H3,11,13,14)/b12-6+. The van der Waals surface area contributed by atoms with Crippen LogP contribution in [0.25, 0.3) is 0 Å². The quantitative estimate of drug-likeness (QED) is 0.392. The lowest BCUT2D eigenvalue weighted by Crippen LogP contribution is -2.26. The first-order chi connectivity index (χ1) is 6.61. The van der Waals surface area contributed by atoms with Gasteiger partial charge >= 0.3 is 6.03 Å². The molecule has 0 spiro atoms. The molecule has 1 aliphatic rings. The van der Waals surface area contributed by atoms with Gasteiger partial charge in [0.05, 0.1) is 0 Å². The number of rotatable bonds is 2. The zero-order chi connectivity index (χ0) is 10.6. The topological polar surface area (TPSA) is 67.5 Å². The van der Waals surface area contributed by atoms with Crippen molar-refractivity contribution < 1.29 is 4.79 Å². The molecule has 0 fully saturated rings. The molecule has 2 unspecified atom stereocenters. The van der Waals surface area contributed by atoms with E-state index in [4.69, 9.17) is 5.73 Å². The Morgan fingerprint density at radius 2 is 2.50 bits per heavy atom. The first-order valence-corrected chi connectivity index (χ1v) is 4.86. The average Bonchev–Trinajstić information content (AvgIpc) is 2.09. The van der Waals surface area contributed by atoms with Crippen LogP contribution in [0.15, 0.2) is 16.8 Å². The Bertz CT molecular complexity index is 271. The SMILES string of the molecule is CC1=CCCC(C)C1/C=N/NC(N)=O. The molecule has 2 amide bonds. The van der Waals surface area contributed by atoms with Crippen molar-refractivity contribution in [1.82, 2.24) is 5.43 Å². The van der Waals surface area contributed by atoms with Gasteiger partial charge in [-0.3, -0.25) is 0 Å². The summed E-state index contributed by atoms with van der Waals surface area (Å²) in [6, 6.07) is -0.619. The third kappa shape index (κ3) is 2.87. The third-order valence-electron chi connectivity index (χ3n) is 2.64. The number of amides is 2. The van der Waals surface area contributed by atoms with Gasteiger partial charge in [0.25, 0.3) is 0 Å². The predicted octanol–water partition coefficient (Wildman–Crippen LogP) is 1.63. The molecule has 78 valence electrons. The van der Waals surface area contributed by atoms with Crippen molar-refractivity contribution in [2.24, 2.45) is 22.7 Å². The molecule has 0 radical (unpaired) electrons. The Kier molecular flexibility index (Phi) is 3.68. The van der Waals surface area contributed by atoms with Crippen LogP contribution in [0.1, 0.15) is 26.7 Å². The third-order valence-corrected chi connectivity index (χ3v) is 2.64. The van der Waals surface area contributed by atoms with Gasteiger partial charge in [-0.05, 0) is 25.7 Å². The summed E-state index contributed by atoms with van der Waals surface area (Å²) in [5.74, 6) is 0.911. The lowest BCUT2D eigenvalue weighted by molar-refractivity contribution is 0.249. The molecule has 0 aliphatic heterocycles. The zero-order valence-corrected chi connectivity index (χ0v) is 8.66. The lowest BCUT2D eigenvalue weighted by Gasteiger charge is -2.24. The fraction of sp³-hybridized carbons (Fsp3) is 0.600. The number of allylic oxidation sites excluding steroid dienone is 2. The fourth-order valence-electron chi connectivity index (χ4n) is 1.78. The minimum absolute atomic E-state index is 0.329. The number of carbonyl (C=O) groups excluding carboxylic acids is 1. The molecule has 2 atom stereocenters. The highest BCUT2D eigenvalue weighted by Gasteiger charge is 2.19. The highest BCUT2D eigenvalue weighted by atomic mass is 16.2. The molecule has 3 N–H and O–H groups in total. The molecule has 0 heterocycles. The number of nitrogens with zero attached hydrogens (tertiary/aromatic N) is 1. The van der Waals surface area contributed by atoms with Gasteiger partial charge in [-0.15, -0.1) is 0 Å². The van der Waals surface area contributed by atoms with Gasteiger partial charge < -0.3 is 5.73 Å². The van der Waals surface area contributed by atoms with E-state index >= 15 is 0 Å². The van der Waals surface area contributed by atoms with E-state index in [1.165, 1.54) is 12.0 Å². The van der Waals surface area contributed by atoms with Gasteiger partial charge in [0, 0.05) is 12.1 Å². The number of primary amides is 1. The molecule has 4 nitrogen and oxygen atoms in total.